The summed E-state index contributed by atoms with van der Waals surface area (Å²) >= 11 is 0. The number of rotatable bonds is 38. The first kappa shape index (κ1) is 47.1. The molecule has 7 heteroatoms. The molecule has 0 spiro atoms. The monoisotopic (exact) mass is 735 g/mol. The van der Waals surface area contributed by atoms with Crippen LogP contribution in [-0.2, 0) is 4.79 Å². The number of unbranched alkanes of at least 4 members (excludes halogenated alkanes) is 20. The second kappa shape index (κ2) is 33.9. The van der Waals surface area contributed by atoms with Gasteiger partial charge in [0, 0.05) is 0 Å². The van der Waals surface area contributed by atoms with E-state index in [4.69, 9.17) is 23.7 Å². The highest BCUT2D eigenvalue weighted by atomic mass is 31.1. The van der Waals surface area contributed by atoms with Gasteiger partial charge in [-0.25, -0.2) is 0 Å². The largest absolute Gasteiger partial charge is 0.489 e. The molecule has 0 radical (unpaired) electrons. The summed E-state index contributed by atoms with van der Waals surface area (Å²) in [5, 5.41) is 0.722. The Hall–Kier alpha value is -1.94. The second-order valence-corrected chi connectivity index (χ2v) is 15.3. The van der Waals surface area contributed by atoms with Gasteiger partial charge >= 0.3 is 0 Å². The van der Waals surface area contributed by atoms with Gasteiger partial charge < -0.3 is 23.7 Å². The molecular weight excluding hydrogens is 655 g/mol. The van der Waals surface area contributed by atoms with Gasteiger partial charge in [-0.15, -0.1) is 0 Å². The van der Waals surface area contributed by atoms with Gasteiger partial charge in [0.1, 0.15) is 0 Å². The van der Waals surface area contributed by atoms with E-state index in [2.05, 4.69) is 41.2 Å². The van der Waals surface area contributed by atoms with Crippen molar-refractivity contribution in [2.24, 2.45) is 0 Å². The fourth-order valence-corrected chi connectivity index (χ4v) is 6.94. The Balaban J connectivity index is 3.74. The number of hydrogen-bond donors (Lipinski definition) is 0. The SMILES string of the molecule is C=CC(=O)Pc1c(OCCCCCCC)c(OCCCCCCC)c(OCCCCCCC)c(OCCCCCCC)c1OCCCCCCC. The van der Waals surface area contributed by atoms with E-state index in [-0.39, 0.29) is 14.1 Å². The van der Waals surface area contributed by atoms with E-state index in [0.717, 1.165) is 69.5 Å². The van der Waals surface area contributed by atoms with Crippen LogP contribution < -0.4 is 29.0 Å². The molecule has 0 aromatic heterocycles. The molecule has 0 aliphatic carbocycles. The number of ether oxygens (including phenoxy) is 5. The van der Waals surface area contributed by atoms with Crippen LogP contribution in [0.15, 0.2) is 12.7 Å². The molecule has 0 fully saturated rings. The van der Waals surface area contributed by atoms with Gasteiger partial charge in [-0.1, -0.05) is 170 Å². The average Bonchev–Trinajstić information content (AvgIpc) is 3.14. The van der Waals surface area contributed by atoms with E-state index in [9.17, 15) is 4.79 Å². The maximum Gasteiger partial charge on any atom is 0.211 e. The highest BCUT2D eigenvalue weighted by Gasteiger charge is 2.31. The molecule has 0 saturated carbocycles. The molecule has 1 aromatic rings. The molecular formula is C44H79O6P. The van der Waals surface area contributed by atoms with E-state index < -0.39 is 0 Å². The zero-order chi connectivity index (χ0) is 37.2. The Morgan fingerprint density at radius 3 is 0.902 bits per heavy atom. The van der Waals surface area contributed by atoms with Gasteiger partial charge in [0.25, 0.3) is 0 Å². The molecule has 0 N–H and O–H groups in total. The van der Waals surface area contributed by atoms with Crippen molar-refractivity contribution in [1.29, 1.82) is 0 Å². The van der Waals surface area contributed by atoms with Gasteiger partial charge in [-0.2, -0.15) is 0 Å². The summed E-state index contributed by atoms with van der Waals surface area (Å²) in [5.41, 5.74) is -0.0591. The minimum absolute atomic E-state index is 0.0591. The molecule has 1 unspecified atom stereocenters. The Morgan fingerprint density at radius 2 is 0.647 bits per heavy atom. The van der Waals surface area contributed by atoms with Crippen LogP contribution in [-0.4, -0.2) is 38.6 Å². The zero-order valence-corrected chi connectivity index (χ0v) is 34.9. The van der Waals surface area contributed by atoms with Crippen LogP contribution in [0, 0.1) is 0 Å². The molecule has 0 amide bonds. The van der Waals surface area contributed by atoms with Crippen molar-refractivity contribution in [3.63, 3.8) is 0 Å². The smallest absolute Gasteiger partial charge is 0.211 e. The quantitative estimate of drug-likeness (QED) is 0.0383. The summed E-state index contributed by atoms with van der Waals surface area (Å²) in [6.45, 7) is 17.7. The summed E-state index contributed by atoms with van der Waals surface area (Å²) in [5.74, 6) is 2.90. The molecule has 0 aliphatic heterocycles. The maximum absolute atomic E-state index is 13.2. The fraction of sp³-hybridized carbons (Fsp3) is 0.795. The van der Waals surface area contributed by atoms with Crippen LogP contribution in [0.3, 0.4) is 0 Å². The van der Waals surface area contributed by atoms with Crippen molar-refractivity contribution >= 4 is 19.4 Å². The third-order valence-electron chi connectivity index (χ3n) is 9.18. The first-order valence-corrected chi connectivity index (χ1v) is 22.4. The Morgan fingerprint density at radius 1 is 0.412 bits per heavy atom. The highest BCUT2D eigenvalue weighted by molar-refractivity contribution is 7.66. The minimum Gasteiger partial charge on any atom is -0.489 e. The fourth-order valence-electron chi connectivity index (χ4n) is 6.00. The molecule has 1 aromatic carbocycles. The number of allylic oxidation sites excluding steroid dienone is 1. The van der Waals surface area contributed by atoms with Gasteiger partial charge in [0.2, 0.25) is 17.2 Å². The van der Waals surface area contributed by atoms with Crippen molar-refractivity contribution in [2.45, 2.75) is 195 Å². The molecule has 0 aliphatic rings. The van der Waals surface area contributed by atoms with E-state index in [1.165, 1.54) is 102 Å². The summed E-state index contributed by atoms with van der Waals surface area (Å²) < 4.78 is 33.5. The van der Waals surface area contributed by atoms with Gasteiger partial charge in [-0.05, 0) is 46.8 Å². The topological polar surface area (TPSA) is 63.2 Å². The normalized spacial score (nSPS) is 11.3. The third-order valence-corrected chi connectivity index (χ3v) is 10.3. The Labute approximate surface area is 316 Å². The van der Waals surface area contributed by atoms with Crippen molar-refractivity contribution in [2.75, 3.05) is 33.0 Å². The molecule has 51 heavy (non-hydrogen) atoms. The van der Waals surface area contributed by atoms with Crippen LogP contribution in [0.5, 0.6) is 28.7 Å². The lowest BCUT2D eigenvalue weighted by Gasteiger charge is -2.26. The summed E-state index contributed by atoms with van der Waals surface area (Å²) in [4.78, 5) is 13.2. The van der Waals surface area contributed by atoms with Gasteiger partial charge in [0.15, 0.2) is 17.0 Å². The average molecular weight is 735 g/mol. The lowest BCUT2D eigenvalue weighted by atomic mass is 10.1. The predicted octanol–water partition coefficient (Wildman–Crippen LogP) is 13.4. The highest BCUT2D eigenvalue weighted by Crippen LogP contribution is 2.52. The van der Waals surface area contributed by atoms with Crippen molar-refractivity contribution < 1.29 is 28.5 Å². The van der Waals surface area contributed by atoms with Crippen LogP contribution >= 0.6 is 8.58 Å². The number of carbonyl (C=O) groups is 1. The standard InChI is InChI=1S/C44H79O6P/c1-7-13-18-23-28-33-46-39-40(47-34-29-24-19-14-8-2)42(49-36-31-26-21-16-10-4)44(51-38(45)12-6)43(50-37-32-27-22-17-11-5)41(39)48-35-30-25-20-15-9-3/h12,51H,6-11,13-37H2,1-5H3. The molecule has 0 bridgehead atoms. The molecule has 6 nitrogen and oxygen atoms in total. The molecule has 0 heterocycles. The molecule has 0 saturated heterocycles. The van der Waals surface area contributed by atoms with Crippen molar-refractivity contribution in [3.8, 4) is 28.7 Å². The molecule has 296 valence electrons. The molecule has 1 atom stereocenters. The van der Waals surface area contributed by atoms with E-state index in [1.807, 2.05) is 0 Å². The van der Waals surface area contributed by atoms with Crippen molar-refractivity contribution in [1.82, 2.24) is 0 Å². The second-order valence-electron chi connectivity index (χ2n) is 14.0. The molecule has 1 rings (SSSR count). The number of benzene rings is 1. The first-order chi connectivity index (χ1) is 25.1. The lowest BCUT2D eigenvalue weighted by molar-refractivity contribution is -0.107. The first-order valence-electron chi connectivity index (χ1n) is 21.4. The van der Waals surface area contributed by atoms with Crippen LogP contribution in [0.25, 0.3) is 0 Å². The summed E-state index contributed by atoms with van der Waals surface area (Å²) in [6, 6.07) is 0. The maximum atomic E-state index is 13.2. The third kappa shape index (κ3) is 22.0. The van der Waals surface area contributed by atoms with Crippen LogP contribution in [0.4, 0.5) is 0 Å². The Bertz CT molecular complexity index is 939. The summed E-state index contributed by atoms with van der Waals surface area (Å²) in [7, 11) is -0.220. The number of carbonyl (C=O) groups excluding carboxylic acids is 1. The predicted molar refractivity (Wildman–Crippen MR) is 221 cm³/mol. The van der Waals surface area contributed by atoms with Crippen LogP contribution in [0.2, 0.25) is 0 Å². The van der Waals surface area contributed by atoms with Crippen LogP contribution in [0.1, 0.15) is 195 Å². The van der Waals surface area contributed by atoms with E-state index >= 15 is 0 Å². The Kier molecular flexibility index (Phi) is 31.3. The van der Waals surface area contributed by atoms with E-state index in [0.29, 0.717) is 61.8 Å². The van der Waals surface area contributed by atoms with E-state index in [1.54, 1.807) is 0 Å². The van der Waals surface area contributed by atoms with Gasteiger partial charge in [0.05, 0.1) is 38.3 Å². The van der Waals surface area contributed by atoms with Crippen molar-refractivity contribution in [3.05, 3.63) is 12.7 Å². The number of hydrogen-bond acceptors (Lipinski definition) is 6. The minimum atomic E-state index is -0.220. The van der Waals surface area contributed by atoms with Gasteiger partial charge in [-0.3, -0.25) is 4.79 Å². The lowest BCUT2D eigenvalue weighted by Crippen LogP contribution is -2.18. The summed E-state index contributed by atoms with van der Waals surface area (Å²) in [6.07, 6.45) is 29.8. The zero-order valence-electron chi connectivity index (χ0n) is 33.9.